The van der Waals surface area contributed by atoms with Crippen molar-refractivity contribution in [3.05, 3.63) is 12.2 Å². The fraction of sp³-hybridized carbons (Fsp3) is 0.833. The molecule has 0 aliphatic rings. The number of ether oxygens (including phenoxy) is 1. The van der Waals surface area contributed by atoms with Gasteiger partial charge in [-0.15, -0.1) is 0 Å². The van der Waals surface area contributed by atoms with Gasteiger partial charge in [-0.25, -0.2) is 0 Å². The Bertz CT molecular complexity index is 125. The molecule has 0 N–H and O–H groups in total. The van der Waals surface area contributed by atoms with E-state index in [9.17, 15) is 0 Å². The molecule has 0 rings (SSSR count). The van der Waals surface area contributed by atoms with Gasteiger partial charge in [0.2, 0.25) is 0 Å². The highest BCUT2D eigenvalue weighted by Crippen LogP contribution is 2.04. The molecule has 0 aromatic heterocycles. The van der Waals surface area contributed by atoms with E-state index in [2.05, 4.69) is 46.8 Å². The second-order valence-electron chi connectivity index (χ2n) is 3.90. The van der Waals surface area contributed by atoms with Crippen molar-refractivity contribution in [2.24, 2.45) is 5.92 Å². The molecule has 80 valence electrons. The fourth-order valence-corrected chi connectivity index (χ4v) is 1.06. The molecule has 0 bridgehead atoms. The van der Waals surface area contributed by atoms with Crippen LogP contribution in [0.1, 0.15) is 48.5 Å². The summed E-state index contributed by atoms with van der Waals surface area (Å²) < 4.78 is 5.58. The van der Waals surface area contributed by atoms with E-state index in [1.807, 2.05) is 0 Å². The van der Waals surface area contributed by atoms with Crippen LogP contribution >= 0.6 is 0 Å². The molecule has 0 unspecified atom stereocenters. The molecule has 1 atom stereocenters. The van der Waals surface area contributed by atoms with Gasteiger partial charge in [0.25, 0.3) is 0 Å². The van der Waals surface area contributed by atoms with Crippen molar-refractivity contribution < 1.29 is 4.74 Å². The van der Waals surface area contributed by atoms with E-state index in [4.69, 9.17) is 4.74 Å². The van der Waals surface area contributed by atoms with Crippen LogP contribution in [0.5, 0.6) is 0 Å². The molecule has 0 amide bonds. The molecule has 0 heterocycles. The Kier molecular flexibility index (Phi) is 9.70. The molecule has 0 saturated heterocycles. The third kappa shape index (κ3) is 11.7. The molecule has 0 aromatic rings. The van der Waals surface area contributed by atoms with E-state index in [1.54, 1.807) is 0 Å². The minimum absolute atomic E-state index is 0. The van der Waals surface area contributed by atoms with Crippen molar-refractivity contribution in [2.45, 2.75) is 60.7 Å². The van der Waals surface area contributed by atoms with Crippen LogP contribution in [0.2, 0.25) is 0 Å². The summed E-state index contributed by atoms with van der Waals surface area (Å²) in [5.41, 5.74) is 0. The highest BCUT2D eigenvalue weighted by Gasteiger charge is 2.01. The molecular formula is C12H26O. The Morgan fingerprint density at radius 2 is 1.62 bits per heavy atom. The summed E-state index contributed by atoms with van der Waals surface area (Å²) in [4.78, 5) is 0. The Morgan fingerprint density at radius 1 is 1.08 bits per heavy atom. The van der Waals surface area contributed by atoms with Crippen LogP contribution in [0.25, 0.3) is 0 Å². The lowest BCUT2D eigenvalue weighted by atomic mass is 10.1. The third-order valence-electron chi connectivity index (χ3n) is 1.49. The molecule has 1 heteroatoms. The summed E-state index contributed by atoms with van der Waals surface area (Å²) in [7, 11) is 0. The first-order valence-corrected chi connectivity index (χ1v) is 4.84. The Morgan fingerprint density at radius 3 is 2.00 bits per heavy atom. The van der Waals surface area contributed by atoms with Crippen LogP contribution < -0.4 is 0 Å². The van der Waals surface area contributed by atoms with Crippen LogP contribution in [0.4, 0.5) is 0 Å². The molecular weight excluding hydrogens is 160 g/mol. The molecule has 13 heavy (non-hydrogen) atoms. The second-order valence-corrected chi connectivity index (χ2v) is 3.90. The zero-order valence-corrected chi connectivity index (χ0v) is 9.00. The summed E-state index contributed by atoms with van der Waals surface area (Å²) in [6, 6.07) is 0. The van der Waals surface area contributed by atoms with Gasteiger partial charge < -0.3 is 4.74 Å². The van der Waals surface area contributed by atoms with E-state index in [1.165, 1.54) is 0 Å². The highest BCUT2D eigenvalue weighted by atomic mass is 16.5. The quantitative estimate of drug-likeness (QED) is 0.589. The summed E-state index contributed by atoms with van der Waals surface area (Å²) in [6.45, 7) is 10.6. The molecule has 0 aliphatic heterocycles. The van der Waals surface area contributed by atoms with Gasteiger partial charge in [-0.05, 0) is 33.1 Å². The van der Waals surface area contributed by atoms with Gasteiger partial charge in [-0.2, -0.15) is 0 Å². The number of allylic oxidation sites excluding steroid dienone is 1. The van der Waals surface area contributed by atoms with E-state index in [0.717, 1.165) is 6.42 Å². The lowest BCUT2D eigenvalue weighted by molar-refractivity contribution is 0.0209. The van der Waals surface area contributed by atoms with Crippen molar-refractivity contribution in [2.75, 3.05) is 0 Å². The third-order valence-corrected chi connectivity index (χ3v) is 1.49. The molecule has 0 saturated carbocycles. The summed E-state index contributed by atoms with van der Waals surface area (Å²) >= 11 is 0. The Hall–Kier alpha value is -0.300. The lowest BCUT2D eigenvalue weighted by Crippen LogP contribution is -2.13. The van der Waals surface area contributed by atoms with Gasteiger partial charge in [0.15, 0.2) is 0 Å². The topological polar surface area (TPSA) is 9.23 Å². The maximum absolute atomic E-state index is 5.58. The summed E-state index contributed by atoms with van der Waals surface area (Å²) in [6.07, 6.45) is 6.14. The largest absolute Gasteiger partial charge is 0.376 e. The summed E-state index contributed by atoms with van der Waals surface area (Å²) in [5, 5.41) is 0. The zero-order chi connectivity index (χ0) is 9.56. The van der Waals surface area contributed by atoms with Gasteiger partial charge in [0.05, 0.1) is 12.2 Å². The number of hydrogen-bond acceptors (Lipinski definition) is 1. The first-order valence-electron chi connectivity index (χ1n) is 4.84. The minimum atomic E-state index is 0. The zero-order valence-electron chi connectivity index (χ0n) is 9.00. The smallest absolute Gasteiger partial charge is 0.0584 e. The molecule has 0 aromatic carbocycles. The van der Waals surface area contributed by atoms with Crippen LogP contribution in [-0.4, -0.2) is 12.2 Å². The Labute approximate surface area is 84.2 Å². The maximum atomic E-state index is 5.58. The van der Waals surface area contributed by atoms with Crippen LogP contribution in [0, 0.1) is 5.92 Å². The van der Waals surface area contributed by atoms with Crippen molar-refractivity contribution in [3.8, 4) is 0 Å². The van der Waals surface area contributed by atoms with E-state index < -0.39 is 0 Å². The predicted octanol–water partition coefficient (Wildman–Crippen LogP) is 4.04. The molecule has 0 aliphatic carbocycles. The van der Waals surface area contributed by atoms with E-state index >= 15 is 0 Å². The Balaban J connectivity index is 0. The van der Waals surface area contributed by atoms with Gasteiger partial charge in [-0.3, -0.25) is 0 Å². The van der Waals surface area contributed by atoms with Gasteiger partial charge in [0.1, 0.15) is 0 Å². The van der Waals surface area contributed by atoms with Crippen molar-refractivity contribution in [3.63, 3.8) is 0 Å². The average molecular weight is 186 g/mol. The normalized spacial score (nSPS) is 13.8. The number of rotatable bonds is 5. The van der Waals surface area contributed by atoms with E-state index in [-0.39, 0.29) is 7.43 Å². The minimum Gasteiger partial charge on any atom is -0.376 e. The molecule has 0 fully saturated rings. The summed E-state index contributed by atoms with van der Waals surface area (Å²) in [5.74, 6) is 0.649. The first-order chi connectivity index (χ1) is 5.52. The number of hydrogen-bond donors (Lipinski definition) is 0. The van der Waals surface area contributed by atoms with E-state index in [0.29, 0.717) is 18.1 Å². The van der Waals surface area contributed by atoms with Crippen LogP contribution in [0.15, 0.2) is 12.2 Å². The molecule has 1 nitrogen and oxygen atoms in total. The molecule has 0 spiro atoms. The monoisotopic (exact) mass is 186 g/mol. The average Bonchev–Trinajstić information content (AvgIpc) is 1.84. The van der Waals surface area contributed by atoms with Crippen LogP contribution in [0.3, 0.4) is 0 Å². The van der Waals surface area contributed by atoms with Crippen molar-refractivity contribution in [1.29, 1.82) is 0 Å². The first kappa shape index (κ1) is 15.2. The predicted molar refractivity (Wildman–Crippen MR) is 61.0 cm³/mol. The molecule has 0 radical (unpaired) electrons. The second kappa shape index (κ2) is 8.31. The SMILES string of the molecule is C.CC(C)/C=C/C[C@H](C)OC(C)C. The highest BCUT2D eigenvalue weighted by molar-refractivity contribution is 4.85. The fourth-order valence-electron chi connectivity index (χ4n) is 1.06. The van der Waals surface area contributed by atoms with Crippen molar-refractivity contribution >= 4 is 0 Å². The van der Waals surface area contributed by atoms with Gasteiger partial charge >= 0.3 is 0 Å². The van der Waals surface area contributed by atoms with Crippen LogP contribution in [-0.2, 0) is 4.74 Å². The van der Waals surface area contributed by atoms with Gasteiger partial charge in [-0.1, -0.05) is 33.4 Å². The standard InChI is InChI=1S/C11H22O.CH4/c1-9(2)7-6-8-11(5)12-10(3)4;/h6-7,9-11H,8H2,1-5H3;1H4/b7-6+;/t11-;/m0./s1. The van der Waals surface area contributed by atoms with Crippen molar-refractivity contribution in [1.82, 2.24) is 0 Å². The van der Waals surface area contributed by atoms with Gasteiger partial charge in [0, 0.05) is 0 Å². The lowest BCUT2D eigenvalue weighted by Gasteiger charge is -2.13. The maximum Gasteiger partial charge on any atom is 0.0584 e.